The van der Waals surface area contributed by atoms with E-state index in [0.29, 0.717) is 0 Å². The largest absolute Gasteiger partial charge is 0.369 e. The molecule has 0 saturated heterocycles. The highest BCUT2D eigenvalue weighted by molar-refractivity contribution is 7.09. The number of thiazole rings is 1. The first-order valence-corrected chi connectivity index (χ1v) is 6.06. The van der Waals surface area contributed by atoms with Gasteiger partial charge in [-0.3, -0.25) is 9.78 Å². The van der Waals surface area contributed by atoms with Gasteiger partial charge in [0.05, 0.1) is 10.4 Å². The zero-order chi connectivity index (χ0) is 12.3. The van der Waals surface area contributed by atoms with Gasteiger partial charge in [-0.1, -0.05) is 18.2 Å². The van der Waals surface area contributed by atoms with Crippen molar-refractivity contribution >= 4 is 22.9 Å². The Kier molecular flexibility index (Phi) is 3.39. The number of rotatable bonds is 4. The van der Waals surface area contributed by atoms with Crippen LogP contribution in [0.5, 0.6) is 0 Å². The average molecular weight is 247 g/mol. The fourth-order valence-corrected chi connectivity index (χ4v) is 2.22. The maximum absolute atomic E-state index is 11.5. The molecule has 5 heteroatoms. The molecule has 1 unspecified atom stereocenters. The molecule has 88 valence electrons. The number of anilines is 1. The minimum atomic E-state index is -0.524. The number of aryl methyl sites for hydroxylation is 1. The first kappa shape index (κ1) is 11.6. The van der Waals surface area contributed by atoms with Crippen LogP contribution in [0.1, 0.15) is 16.5 Å². The molecule has 0 fully saturated rings. The monoisotopic (exact) mass is 247 g/mol. The number of nitrogens with two attached hydrogens (primary N) is 1. The predicted molar refractivity (Wildman–Crippen MR) is 68.9 cm³/mol. The molecule has 1 atom stereocenters. The van der Waals surface area contributed by atoms with Gasteiger partial charge in [-0.15, -0.1) is 11.3 Å². The van der Waals surface area contributed by atoms with Crippen LogP contribution < -0.4 is 11.1 Å². The Morgan fingerprint density at radius 3 is 2.82 bits per heavy atom. The van der Waals surface area contributed by atoms with E-state index in [4.69, 9.17) is 5.73 Å². The summed E-state index contributed by atoms with van der Waals surface area (Å²) in [7, 11) is 0. The number of para-hydroxylation sites is 1. The third-order valence-corrected chi connectivity index (χ3v) is 3.31. The number of benzene rings is 1. The number of amides is 1. The predicted octanol–water partition coefficient (Wildman–Crippen LogP) is 2.09. The number of carbonyl (C=O) groups is 1. The number of nitrogens with one attached hydrogen (secondary N) is 1. The van der Waals surface area contributed by atoms with Gasteiger partial charge < -0.3 is 11.1 Å². The van der Waals surface area contributed by atoms with E-state index in [0.717, 1.165) is 16.1 Å². The standard InChI is InChI=1S/C12H13N3OS/c1-8-4-2-3-5-9(8)15-11(12(13)16)10-6-14-7-17-10/h2-7,11,15H,1H3,(H2,13,16). The van der Waals surface area contributed by atoms with Crippen molar-refractivity contribution in [1.82, 2.24) is 4.98 Å². The van der Waals surface area contributed by atoms with Crippen LogP contribution in [0, 0.1) is 6.92 Å². The number of hydrogen-bond donors (Lipinski definition) is 2. The molecule has 2 rings (SSSR count). The summed E-state index contributed by atoms with van der Waals surface area (Å²) >= 11 is 1.41. The normalized spacial score (nSPS) is 12.1. The Bertz CT molecular complexity index is 510. The van der Waals surface area contributed by atoms with Crippen molar-refractivity contribution in [3.8, 4) is 0 Å². The second-order valence-electron chi connectivity index (χ2n) is 3.70. The lowest BCUT2D eigenvalue weighted by atomic mass is 10.1. The second kappa shape index (κ2) is 4.97. The van der Waals surface area contributed by atoms with Crippen LogP contribution in [-0.4, -0.2) is 10.9 Å². The van der Waals surface area contributed by atoms with Crippen molar-refractivity contribution in [3.63, 3.8) is 0 Å². The lowest BCUT2D eigenvalue weighted by molar-refractivity contribution is -0.118. The van der Waals surface area contributed by atoms with Gasteiger partial charge in [-0.2, -0.15) is 0 Å². The van der Waals surface area contributed by atoms with Crippen LogP contribution in [0.4, 0.5) is 5.69 Å². The summed E-state index contributed by atoms with van der Waals surface area (Å²) in [5, 5.41) is 3.14. The number of hydrogen-bond acceptors (Lipinski definition) is 4. The van der Waals surface area contributed by atoms with Crippen molar-refractivity contribution in [2.45, 2.75) is 13.0 Å². The topological polar surface area (TPSA) is 68.0 Å². The quantitative estimate of drug-likeness (QED) is 0.869. The van der Waals surface area contributed by atoms with Gasteiger partial charge in [0.2, 0.25) is 5.91 Å². The molecular weight excluding hydrogens is 234 g/mol. The molecule has 1 heterocycles. The highest BCUT2D eigenvalue weighted by Crippen LogP contribution is 2.24. The smallest absolute Gasteiger partial charge is 0.245 e. The van der Waals surface area contributed by atoms with Crippen LogP contribution in [0.15, 0.2) is 36.0 Å². The third-order valence-electron chi connectivity index (χ3n) is 2.47. The van der Waals surface area contributed by atoms with Crippen LogP contribution in [0.2, 0.25) is 0 Å². The highest BCUT2D eigenvalue weighted by atomic mass is 32.1. The average Bonchev–Trinajstić information content (AvgIpc) is 2.81. The highest BCUT2D eigenvalue weighted by Gasteiger charge is 2.19. The molecule has 1 amide bonds. The van der Waals surface area contributed by atoms with E-state index in [-0.39, 0.29) is 0 Å². The van der Waals surface area contributed by atoms with Gasteiger partial charge in [0.15, 0.2) is 0 Å². The molecule has 1 aromatic heterocycles. The van der Waals surface area contributed by atoms with E-state index in [1.807, 2.05) is 31.2 Å². The summed E-state index contributed by atoms with van der Waals surface area (Å²) in [5.41, 5.74) is 9.07. The lowest BCUT2D eigenvalue weighted by Gasteiger charge is -2.16. The molecule has 1 aromatic carbocycles. The van der Waals surface area contributed by atoms with Crippen molar-refractivity contribution in [3.05, 3.63) is 46.4 Å². The lowest BCUT2D eigenvalue weighted by Crippen LogP contribution is -2.27. The summed E-state index contributed by atoms with van der Waals surface area (Å²) in [5.74, 6) is -0.405. The molecule has 0 bridgehead atoms. The number of aromatic nitrogens is 1. The maximum Gasteiger partial charge on any atom is 0.245 e. The third kappa shape index (κ3) is 2.62. The molecule has 0 radical (unpaired) electrons. The first-order chi connectivity index (χ1) is 8.18. The fraction of sp³-hybridized carbons (Fsp3) is 0.167. The van der Waals surface area contributed by atoms with E-state index >= 15 is 0 Å². The second-order valence-corrected chi connectivity index (χ2v) is 4.62. The Morgan fingerprint density at radius 1 is 1.47 bits per heavy atom. The summed E-state index contributed by atoms with van der Waals surface area (Å²) < 4.78 is 0. The van der Waals surface area contributed by atoms with E-state index in [1.165, 1.54) is 11.3 Å². The summed E-state index contributed by atoms with van der Waals surface area (Å²) in [6.07, 6.45) is 1.66. The van der Waals surface area contributed by atoms with E-state index in [9.17, 15) is 4.79 Å². The summed E-state index contributed by atoms with van der Waals surface area (Å²) in [6.45, 7) is 1.98. The van der Waals surface area contributed by atoms with Gasteiger partial charge in [-0.05, 0) is 18.6 Å². The molecule has 17 heavy (non-hydrogen) atoms. The van der Waals surface area contributed by atoms with Crippen molar-refractivity contribution < 1.29 is 4.79 Å². The Balaban J connectivity index is 2.26. The molecule has 0 aliphatic carbocycles. The van der Waals surface area contributed by atoms with Gasteiger partial charge in [0, 0.05) is 11.9 Å². The summed E-state index contributed by atoms with van der Waals surface area (Å²) in [6, 6.07) is 7.25. The minimum absolute atomic E-state index is 0.405. The zero-order valence-electron chi connectivity index (χ0n) is 9.38. The number of carbonyl (C=O) groups excluding carboxylic acids is 1. The SMILES string of the molecule is Cc1ccccc1NC(C(N)=O)c1cncs1. The van der Waals surface area contributed by atoms with Crippen molar-refractivity contribution in [1.29, 1.82) is 0 Å². The maximum atomic E-state index is 11.5. The molecule has 0 aliphatic heterocycles. The molecule has 3 N–H and O–H groups in total. The fourth-order valence-electron chi connectivity index (χ4n) is 1.54. The number of primary amides is 1. The van der Waals surface area contributed by atoms with Crippen LogP contribution in [-0.2, 0) is 4.79 Å². The van der Waals surface area contributed by atoms with Crippen LogP contribution in [0.25, 0.3) is 0 Å². The Morgan fingerprint density at radius 2 is 2.24 bits per heavy atom. The van der Waals surface area contributed by atoms with Crippen LogP contribution >= 0.6 is 11.3 Å². The molecule has 0 saturated carbocycles. The van der Waals surface area contributed by atoms with Gasteiger partial charge >= 0.3 is 0 Å². The molecular formula is C12H13N3OS. The zero-order valence-corrected chi connectivity index (χ0v) is 10.2. The first-order valence-electron chi connectivity index (χ1n) is 5.18. The van der Waals surface area contributed by atoms with E-state index in [1.54, 1.807) is 11.7 Å². The van der Waals surface area contributed by atoms with Crippen molar-refractivity contribution in [2.24, 2.45) is 5.73 Å². The molecule has 0 aliphatic rings. The Labute approximate surface area is 103 Å². The molecule has 4 nitrogen and oxygen atoms in total. The minimum Gasteiger partial charge on any atom is -0.369 e. The van der Waals surface area contributed by atoms with Crippen molar-refractivity contribution in [2.75, 3.05) is 5.32 Å². The van der Waals surface area contributed by atoms with Crippen LogP contribution in [0.3, 0.4) is 0 Å². The van der Waals surface area contributed by atoms with E-state index in [2.05, 4.69) is 10.3 Å². The number of nitrogens with zero attached hydrogens (tertiary/aromatic N) is 1. The van der Waals surface area contributed by atoms with Gasteiger partial charge in [0.1, 0.15) is 6.04 Å². The van der Waals surface area contributed by atoms with E-state index < -0.39 is 11.9 Å². The Hall–Kier alpha value is -1.88. The van der Waals surface area contributed by atoms with Gasteiger partial charge in [-0.25, -0.2) is 0 Å². The summed E-state index contributed by atoms with van der Waals surface area (Å²) in [4.78, 5) is 16.2. The molecule has 0 spiro atoms. The van der Waals surface area contributed by atoms with Gasteiger partial charge in [0.25, 0.3) is 0 Å². The molecule has 2 aromatic rings.